The van der Waals surface area contributed by atoms with Crippen molar-refractivity contribution < 1.29 is 9.13 Å². The molecule has 37 heavy (non-hydrogen) atoms. The fraction of sp³-hybridized carbons (Fsp3) is 0.357. The van der Waals surface area contributed by atoms with Gasteiger partial charge in [-0.3, -0.25) is 10.1 Å². The zero-order valence-corrected chi connectivity index (χ0v) is 20.7. The average Bonchev–Trinajstić information content (AvgIpc) is 3.47. The first-order valence-corrected chi connectivity index (χ1v) is 12.6. The van der Waals surface area contributed by atoms with Crippen molar-refractivity contribution in [1.82, 2.24) is 20.2 Å². The third-order valence-corrected chi connectivity index (χ3v) is 7.65. The molecule has 3 aromatic heterocycles. The molecule has 0 radical (unpaired) electrons. The molecule has 0 unspecified atom stereocenters. The van der Waals surface area contributed by atoms with Crippen molar-refractivity contribution in [3.8, 4) is 17.5 Å². The van der Waals surface area contributed by atoms with Crippen LogP contribution in [0.25, 0.3) is 22.3 Å². The van der Waals surface area contributed by atoms with Gasteiger partial charge in [-0.15, -0.1) is 0 Å². The highest BCUT2D eigenvalue weighted by atomic mass is 19.1. The summed E-state index contributed by atoms with van der Waals surface area (Å²) in [5, 5.41) is 18.7. The van der Waals surface area contributed by atoms with Crippen molar-refractivity contribution in [2.75, 3.05) is 42.6 Å². The van der Waals surface area contributed by atoms with Crippen LogP contribution < -0.4 is 9.80 Å². The second-order valence-corrected chi connectivity index (χ2v) is 9.83. The number of nitrogens with zero attached hydrogens (tertiary/aromatic N) is 6. The van der Waals surface area contributed by atoms with Gasteiger partial charge in [0, 0.05) is 43.1 Å². The van der Waals surface area contributed by atoms with Crippen LogP contribution in [0.1, 0.15) is 25.3 Å². The van der Waals surface area contributed by atoms with E-state index in [0.29, 0.717) is 44.8 Å². The standard InChI is InChI=1S/C28H28FN7O/c1-19-17-37-14-13-36(19)25-16-23(22-5-9-31-27(26(22)33-25)24-6-10-32-34-24)28(18-30)7-11-35(12-8-28)21-4-2-3-20(29)15-21/h2-6,9-10,15-16,19H,7-8,11-14,17H2,1H3,(H,32,34)/t19-/m1/s1. The second kappa shape index (κ2) is 9.45. The van der Waals surface area contributed by atoms with Gasteiger partial charge in [-0.05, 0) is 61.7 Å². The third kappa shape index (κ3) is 4.17. The Hall–Kier alpha value is -4.03. The Bertz CT molecular complexity index is 1460. The highest BCUT2D eigenvalue weighted by molar-refractivity contribution is 5.94. The molecule has 188 valence electrons. The van der Waals surface area contributed by atoms with Gasteiger partial charge in [0.2, 0.25) is 0 Å². The summed E-state index contributed by atoms with van der Waals surface area (Å²) in [6, 6.07) is 15.5. The second-order valence-electron chi connectivity index (χ2n) is 9.83. The molecule has 0 spiro atoms. The Morgan fingerprint density at radius 2 is 2.00 bits per heavy atom. The van der Waals surface area contributed by atoms with Crippen molar-refractivity contribution in [3.05, 3.63) is 66.2 Å². The van der Waals surface area contributed by atoms with Gasteiger partial charge >= 0.3 is 0 Å². The molecule has 0 amide bonds. The fourth-order valence-electron chi connectivity index (χ4n) is 5.59. The van der Waals surface area contributed by atoms with E-state index in [1.165, 1.54) is 6.07 Å². The van der Waals surface area contributed by atoms with E-state index in [0.717, 1.165) is 40.2 Å². The fourth-order valence-corrected chi connectivity index (χ4v) is 5.59. The van der Waals surface area contributed by atoms with E-state index in [-0.39, 0.29) is 11.9 Å². The zero-order valence-electron chi connectivity index (χ0n) is 20.7. The smallest absolute Gasteiger partial charge is 0.130 e. The summed E-state index contributed by atoms with van der Waals surface area (Å²) in [6.45, 7) is 5.42. The van der Waals surface area contributed by atoms with Crippen LogP contribution in [0.3, 0.4) is 0 Å². The lowest BCUT2D eigenvalue weighted by atomic mass is 9.72. The summed E-state index contributed by atoms with van der Waals surface area (Å²) in [5.41, 5.74) is 3.35. The number of halogens is 1. The number of pyridine rings is 2. The molecule has 4 aromatic rings. The predicted octanol–water partition coefficient (Wildman–Crippen LogP) is 4.45. The first-order valence-electron chi connectivity index (χ1n) is 12.6. The highest BCUT2D eigenvalue weighted by Gasteiger charge is 2.39. The van der Waals surface area contributed by atoms with E-state index in [4.69, 9.17) is 9.72 Å². The number of aromatic nitrogens is 4. The summed E-state index contributed by atoms with van der Waals surface area (Å²) in [6.07, 6.45) is 4.72. The van der Waals surface area contributed by atoms with Crippen LogP contribution in [0.15, 0.2) is 54.9 Å². The normalized spacial score (nSPS) is 19.6. The number of anilines is 2. The molecule has 2 fully saturated rings. The Balaban J connectivity index is 1.47. The van der Waals surface area contributed by atoms with Crippen LogP contribution in [0.5, 0.6) is 0 Å². The van der Waals surface area contributed by atoms with E-state index in [1.54, 1.807) is 24.5 Å². The number of piperidine rings is 1. The van der Waals surface area contributed by atoms with Crippen LogP contribution in [0.4, 0.5) is 15.9 Å². The minimum absolute atomic E-state index is 0.159. The number of hydrogen-bond donors (Lipinski definition) is 1. The minimum Gasteiger partial charge on any atom is -0.377 e. The van der Waals surface area contributed by atoms with E-state index in [2.05, 4.69) is 44.0 Å². The van der Waals surface area contributed by atoms with E-state index in [9.17, 15) is 9.65 Å². The highest BCUT2D eigenvalue weighted by Crippen LogP contribution is 2.42. The Labute approximate surface area is 214 Å². The molecule has 1 aromatic carbocycles. The molecule has 9 heteroatoms. The molecule has 2 aliphatic rings. The molecule has 5 heterocycles. The van der Waals surface area contributed by atoms with Gasteiger partial charge in [-0.2, -0.15) is 10.4 Å². The van der Waals surface area contributed by atoms with Crippen molar-refractivity contribution in [3.63, 3.8) is 0 Å². The van der Waals surface area contributed by atoms with Gasteiger partial charge in [0.15, 0.2) is 0 Å². The molecule has 1 atom stereocenters. The van der Waals surface area contributed by atoms with Crippen LogP contribution in [-0.2, 0) is 10.2 Å². The number of morpholine rings is 1. The number of benzene rings is 1. The predicted molar refractivity (Wildman–Crippen MR) is 140 cm³/mol. The average molecular weight is 498 g/mol. The maximum Gasteiger partial charge on any atom is 0.130 e. The maximum atomic E-state index is 13.9. The SMILES string of the molecule is C[C@@H]1COCCN1c1cc(C2(C#N)CCN(c3cccc(F)c3)CC2)c2ccnc(-c3ccn[nH]3)c2n1. The summed E-state index contributed by atoms with van der Waals surface area (Å²) in [5.74, 6) is 0.576. The Morgan fingerprint density at radius 3 is 2.73 bits per heavy atom. The van der Waals surface area contributed by atoms with E-state index < -0.39 is 5.41 Å². The van der Waals surface area contributed by atoms with Crippen molar-refractivity contribution in [2.24, 2.45) is 0 Å². The molecule has 8 nitrogen and oxygen atoms in total. The molecule has 0 aliphatic carbocycles. The van der Waals surface area contributed by atoms with Gasteiger partial charge in [0.1, 0.15) is 22.8 Å². The van der Waals surface area contributed by atoms with Crippen LogP contribution in [0, 0.1) is 17.1 Å². The van der Waals surface area contributed by atoms with Crippen LogP contribution in [0.2, 0.25) is 0 Å². The summed E-state index contributed by atoms with van der Waals surface area (Å²) < 4.78 is 19.5. The van der Waals surface area contributed by atoms with Gasteiger partial charge in [0.05, 0.1) is 36.4 Å². The first-order chi connectivity index (χ1) is 18.1. The summed E-state index contributed by atoms with van der Waals surface area (Å²) in [7, 11) is 0. The van der Waals surface area contributed by atoms with Gasteiger partial charge in [-0.1, -0.05) is 6.07 Å². The number of hydrogen-bond acceptors (Lipinski definition) is 7. The number of nitrogens with one attached hydrogen (secondary N) is 1. The molecule has 2 aliphatic heterocycles. The van der Waals surface area contributed by atoms with Gasteiger partial charge in [-0.25, -0.2) is 9.37 Å². The van der Waals surface area contributed by atoms with E-state index >= 15 is 0 Å². The Morgan fingerprint density at radius 1 is 1.14 bits per heavy atom. The lowest BCUT2D eigenvalue weighted by molar-refractivity contribution is 0.0985. The number of ether oxygens (including phenoxy) is 1. The number of H-pyrrole nitrogens is 1. The van der Waals surface area contributed by atoms with Crippen molar-refractivity contribution in [2.45, 2.75) is 31.2 Å². The van der Waals surface area contributed by atoms with Gasteiger partial charge in [0.25, 0.3) is 0 Å². The minimum atomic E-state index is -0.706. The lowest BCUT2D eigenvalue weighted by Gasteiger charge is -2.40. The molecule has 6 rings (SSSR count). The summed E-state index contributed by atoms with van der Waals surface area (Å²) >= 11 is 0. The number of rotatable bonds is 4. The third-order valence-electron chi connectivity index (χ3n) is 7.65. The Kier molecular flexibility index (Phi) is 5.97. The molecule has 0 bridgehead atoms. The van der Waals surface area contributed by atoms with Crippen LogP contribution >= 0.6 is 0 Å². The lowest BCUT2D eigenvalue weighted by Crippen LogP contribution is -2.45. The first kappa shape index (κ1) is 23.4. The summed E-state index contributed by atoms with van der Waals surface area (Å²) in [4.78, 5) is 14.2. The quantitative estimate of drug-likeness (QED) is 0.445. The van der Waals surface area contributed by atoms with Crippen molar-refractivity contribution >= 4 is 22.4 Å². The topological polar surface area (TPSA) is 94.0 Å². The largest absolute Gasteiger partial charge is 0.377 e. The monoisotopic (exact) mass is 497 g/mol. The van der Waals surface area contributed by atoms with Gasteiger partial charge < -0.3 is 14.5 Å². The molecular weight excluding hydrogens is 469 g/mol. The molecular formula is C28H28FN7O. The van der Waals surface area contributed by atoms with Crippen LogP contribution in [-0.4, -0.2) is 59.1 Å². The maximum absolute atomic E-state index is 13.9. The molecule has 2 saturated heterocycles. The molecule has 1 N–H and O–H groups in total. The van der Waals surface area contributed by atoms with Crippen molar-refractivity contribution in [1.29, 1.82) is 5.26 Å². The zero-order chi connectivity index (χ0) is 25.4. The van der Waals surface area contributed by atoms with E-state index in [1.807, 2.05) is 18.2 Å². The number of nitriles is 1. The molecule has 0 saturated carbocycles. The number of fused-ring (bicyclic) bond motifs is 1. The number of aromatic amines is 1.